The second-order valence-corrected chi connectivity index (χ2v) is 4.79. The Labute approximate surface area is 115 Å². The van der Waals surface area contributed by atoms with Gasteiger partial charge in [-0.3, -0.25) is 0 Å². The molecule has 0 saturated heterocycles. The van der Waals surface area contributed by atoms with Crippen molar-refractivity contribution in [2.45, 2.75) is 40.5 Å². The summed E-state index contributed by atoms with van der Waals surface area (Å²) in [5, 5.41) is 12.8. The Balaban J connectivity index is 2.76. The highest BCUT2D eigenvalue weighted by atomic mass is 16.5. The van der Waals surface area contributed by atoms with Gasteiger partial charge in [0.25, 0.3) is 0 Å². The molecule has 1 aromatic heterocycles. The molecule has 5 nitrogen and oxygen atoms in total. The standard InChI is InChI=1S/C14H25N3O2/c1-5-14(6-2,10-18)9-15-12-8-13(19-7-3)17-11(4)16-12/h8,18H,5-7,9-10H2,1-4H3,(H,15,16,17). The molecule has 0 aliphatic rings. The number of aliphatic hydroxyl groups excluding tert-OH is 1. The fourth-order valence-corrected chi connectivity index (χ4v) is 1.91. The minimum atomic E-state index is -0.0926. The zero-order valence-electron chi connectivity index (χ0n) is 12.4. The molecule has 1 aromatic rings. The average molecular weight is 267 g/mol. The van der Waals surface area contributed by atoms with Crippen molar-refractivity contribution < 1.29 is 9.84 Å². The lowest BCUT2D eigenvalue weighted by Crippen LogP contribution is -2.32. The van der Waals surface area contributed by atoms with Crippen LogP contribution in [0.5, 0.6) is 5.88 Å². The van der Waals surface area contributed by atoms with Crippen LogP contribution >= 0.6 is 0 Å². The van der Waals surface area contributed by atoms with Gasteiger partial charge in [-0.05, 0) is 26.7 Å². The summed E-state index contributed by atoms with van der Waals surface area (Å²) in [6.07, 6.45) is 1.85. The molecule has 108 valence electrons. The van der Waals surface area contributed by atoms with E-state index in [1.54, 1.807) is 6.07 Å². The molecule has 0 atom stereocenters. The third-order valence-corrected chi connectivity index (χ3v) is 3.59. The van der Waals surface area contributed by atoms with Crippen molar-refractivity contribution in [1.29, 1.82) is 0 Å². The van der Waals surface area contributed by atoms with Crippen LogP contribution in [0.1, 0.15) is 39.4 Å². The number of rotatable bonds is 8. The summed E-state index contributed by atoms with van der Waals surface area (Å²) < 4.78 is 5.40. The quantitative estimate of drug-likeness (QED) is 0.757. The van der Waals surface area contributed by atoms with Crippen LogP contribution in [0, 0.1) is 12.3 Å². The monoisotopic (exact) mass is 267 g/mol. The number of nitrogens with one attached hydrogen (secondary N) is 1. The third kappa shape index (κ3) is 4.35. The van der Waals surface area contributed by atoms with Crippen molar-refractivity contribution in [2.75, 3.05) is 25.1 Å². The number of aliphatic hydroxyl groups is 1. The molecule has 0 amide bonds. The summed E-state index contributed by atoms with van der Waals surface area (Å²) in [5.74, 6) is 2.01. The van der Waals surface area contributed by atoms with E-state index in [4.69, 9.17) is 4.74 Å². The van der Waals surface area contributed by atoms with Crippen LogP contribution in [0.15, 0.2) is 6.07 Å². The van der Waals surface area contributed by atoms with Crippen molar-refractivity contribution in [3.63, 3.8) is 0 Å². The molecule has 1 heterocycles. The maximum Gasteiger partial charge on any atom is 0.218 e. The molecule has 5 heteroatoms. The van der Waals surface area contributed by atoms with E-state index in [0.29, 0.717) is 24.9 Å². The molecule has 0 aliphatic carbocycles. The van der Waals surface area contributed by atoms with E-state index in [1.807, 2.05) is 13.8 Å². The Bertz CT molecular complexity index is 384. The van der Waals surface area contributed by atoms with Crippen LogP contribution in [-0.4, -0.2) is 34.8 Å². The fraction of sp³-hybridized carbons (Fsp3) is 0.714. The molecule has 0 saturated carbocycles. The molecule has 2 N–H and O–H groups in total. The summed E-state index contributed by atoms with van der Waals surface area (Å²) in [6, 6.07) is 1.80. The largest absolute Gasteiger partial charge is 0.478 e. The highest BCUT2D eigenvalue weighted by Gasteiger charge is 2.25. The van der Waals surface area contributed by atoms with E-state index < -0.39 is 0 Å². The van der Waals surface area contributed by atoms with Crippen LogP contribution in [0.4, 0.5) is 5.82 Å². The van der Waals surface area contributed by atoms with Crippen LogP contribution in [-0.2, 0) is 0 Å². The number of hydrogen-bond donors (Lipinski definition) is 2. The van der Waals surface area contributed by atoms with Crippen LogP contribution in [0.3, 0.4) is 0 Å². The Hall–Kier alpha value is -1.36. The van der Waals surface area contributed by atoms with Crippen molar-refractivity contribution >= 4 is 5.82 Å². The number of nitrogens with zero attached hydrogens (tertiary/aromatic N) is 2. The van der Waals surface area contributed by atoms with E-state index in [-0.39, 0.29) is 12.0 Å². The van der Waals surface area contributed by atoms with Gasteiger partial charge in [0.2, 0.25) is 5.88 Å². The van der Waals surface area contributed by atoms with Gasteiger partial charge >= 0.3 is 0 Å². The average Bonchev–Trinajstić information content (AvgIpc) is 2.41. The molecular formula is C14H25N3O2. The first-order valence-corrected chi connectivity index (χ1v) is 6.92. The van der Waals surface area contributed by atoms with E-state index in [1.165, 1.54) is 0 Å². The molecule has 0 aromatic carbocycles. The van der Waals surface area contributed by atoms with Gasteiger partial charge in [-0.1, -0.05) is 13.8 Å². The van der Waals surface area contributed by atoms with Crippen molar-refractivity contribution in [2.24, 2.45) is 5.41 Å². The van der Waals surface area contributed by atoms with Crippen LogP contribution < -0.4 is 10.1 Å². The summed E-state index contributed by atoms with van der Waals surface area (Å²) in [7, 11) is 0. The number of hydrogen-bond acceptors (Lipinski definition) is 5. The van der Waals surface area contributed by atoms with Crippen molar-refractivity contribution in [1.82, 2.24) is 9.97 Å². The number of ether oxygens (including phenoxy) is 1. The maximum atomic E-state index is 9.55. The number of aromatic nitrogens is 2. The molecule has 0 bridgehead atoms. The Kier molecular flexibility index (Phi) is 6.02. The lowest BCUT2D eigenvalue weighted by molar-refractivity contribution is 0.127. The van der Waals surface area contributed by atoms with E-state index in [0.717, 1.165) is 18.7 Å². The second kappa shape index (κ2) is 7.28. The smallest absolute Gasteiger partial charge is 0.218 e. The van der Waals surface area contributed by atoms with Gasteiger partial charge < -0.3 is 15.2 Å². The molecule has 1 rings (SSSR count). The Morgan fingerprint density at radius 1 is 1.26 bits per heavy atom. The Morgan fingerprint density at radius 2 is 1.95 bits per heavy atom. The first kappa shape index (κ1) is 15.7. The SMILES string of the molecule is CCOc1cc(NCC(CC)(CC)CO)nc(C)n1. The lowest BCUT2D eigenvalue weighted by atomic mass is 9.83. The summed E-state index contributed by atoms with van der Waals surface area (Å²) in [4.78, 5) is 8.54. The second-order valence-electron chi connectivity index (χ2n) is 4.79. The third-order valence-electron chi connectivity index (χ3n) is 3.59. The molecule has 0 spiro atoms. The first-order valence-electron chi connectivity index (χ1n) is 6.92. The Morgan fingerprint density at radius 3 is 2.47 bits per heavy atom. The van der Waals surface area contributed by atoms with Gasteiger partial charge in [0.05, 0.1) is 13.2 Å². The molecule has 0 radical (unpaired) electrons. The minimum absolute atomic E-state index is 0.0926. The zero-order chi connectivity index (χ0) is 14.3. The topological polar surface area (TPSA) is 67.3 Å². The predicted octanol–water partition coefficient (Wildman–Crippen LogP) is 2.39. The summed E-state index contributed by atoms with van der Waals surface area (Å²) in [5.41, 5.74) is -0.0926. The normalized spacial score (nSPS) is 11.4. The number of aryl methyl sites for hydroxylation is 1. The maximum absolute atomic E-state index is 9.55. The minimum Gasteiger partial charge on any atom is -0.478 e. The van der Waals surface area contributed by atoms with Crippen molar-refractivity contribution in [3.05, 3.63) is 11.9 Å². The zero-order valence-corrected chi connectivity index (χ0v) is 12.4. The lowest BCUT2D eigenvalue weighted by Gasteiger charge is -2.29. The molecule has 19 heavy (non-hydrogen) atoms. The van der Waals surface area contributed by atoms with Gasteiger partial charge in [-0.2, -0.15) is 4.98 Å². The molecule has 0 fully saturated rings. The van der Waals surface area contributed by atoms with Crippen LogP contribution in [0.25, 0.3) is 0 Å². The fourth-order valence-electron chi connectivity index (χ4n) is 1.91. The molecular weight excluding hydrogens is 242 g/mol. The highest BCUT2D eigenvalue weighted by molar-refractivity contribution is 5.38. The van der Waals surface area contributed by atoms with Crippen molar-refractivity contribution in [3.8, 4) is 5.88 Å². The predicted molar refractivity (Wildman–Crippen MR) is 76.5 cm³/mol. The van der Waals surface area contributed by atoms with Gasteiger partial charge in [0.1, 0.15) is 11.6 Å². The molecule has 0 unspecified atom stereocenters. The van der Waals surface area contributed by atoms with E-state index >= 15 is 0 Å². The van der Waals surface area contributed by atoms with Gasteiger partial charge in [-0.15, -0.1) is 0 Å². The van der Waals surface area contributed by atoms with Gasteiger partial charge in [-0.25, -0.2) is 4.98 Å². The summed E-state index contributed by atoms with van der Waals surface area (Å²) in [6.45, 7) is 9.41. The van der Waals surface area contributed by atoms with Gasteiger partial charge in [0, 0.05) is 18.0 Å². The van der Waals surface area contributed by atoms with Gasteiger partial charge in [0.15, 0.2) is 0 Å². The van der Waals surface area contributed by atoms with E-state index in [9.17, 15) is 5.11 Å². The van der Waals surface area contributed by atoms with Crippen LogP contribution in [0.2, 0.25) is 0 Å². The molecule has 0 aliphatic heterocycles. The highest BCUT2D eigenvalue weighted by Crippen LogP contribution is 2.26. The van der Waals surface area contributed by atoms with E-state index in [2.05, 4.69) is 29.1 Å². The first-order chi connectivity index (χ1) is 9.09. The number of anilines is 1. The summed E-state index contributed by atoms with van der Waals surface area (Å²) >= 11 is 0.